The molecule has 22 heteroatoms. The fourth-order valence-corrected chi connectivity index (χ4v) is 5.64. The minimum Gasteiger partial charge on any atom is -0.505 e. The molecule has 0 fully saturated rings. The van der Waals surface area contributed by atoms with E-state index in [0.717, 1.165) is 48.5 Å². The molecule has 0 heterocycles. The van der Waals surface area contributed by atoms with E-state index in [4.69, 9.17) is 4.55 Å². The van der Waals surface area contributed by atoms with Gasteiger partial charge in [0.15, 0.2) is 15.6 Å². The summed E-state index contributed by atoms with van der Waals surface area (Å²) in [6.07, 6.45) is 0. The van der Waals surface area contributed by atoms with Crippen molar-refractivity contribution in [2.24, 2.45) is 10.2 Å². The number of phenols is 1. The number of phenolic OH excluding ortho intramolecular Hbond substituents is 1. The third kappa shape index (κ3) is 11.7. The molecule has 203 valence electrons. The van der Waals surface area contributed by atoms with Crippen molar-refractivity contribution in [2.45, 2.75) is 14.7 Å². The molecule has 0 saturated carbocycles. The molecule has 0 aromatic heterocycles. The van der Waals surface area contributed by atoms with Crippen LogP contribution in [0, 0.1) is 0 Å². The molecular weight excluding hydrogens is 698 g/mol. The molecule has 0 aliphatic carbocycles. The van der Waals surface area contributed by atoms with Gasteiger partial charge >= 0.3 is 10.4 Å². The number of benzene rings is 3. The molecule has 3 radical (unpaired) electrons. The maximum Gasteiger partial charge on any atom is 0.397 e. The first-order valence-corrected chi connectivity index (χ1v) is 15.4. The average Bonchev–Trinajstić information content (AvgIpc) is 2.76. The van der Waals surface area contributed by atoms with Gasteiger partial charge < -0.3 is 5.11 Å². The van der Waals surface area contributed by atoms with Crippen molar-refractivity contribution in [1.29, 1.82) is 0 Å². The van der Waals surface area contributed by atoms with Crippen LogP contribution in [0.25, 0.3) is 10.8 Å². The summed E-state index contributed by atoms with van der Waals surface area (Å²) < 4.78 is 123. The maximum absolute atomic E-state index is 12.2. The molecule has 15 nitrogen and oxygen atoms in total. The summed E-state index contributed by atoms with van der Waals surface area (Å²) in [6.45, 7) is -0.839. The van der Waals surface area contributed by atoms with Crippen LogP contribution in [0.3, 0.4) is 0 Å². The molecule has 0 bridgehead atoms. The van der Waals surface area contributed by atoms with Crippen LogP contribution < -0.4 is 0 Å². The van der Waals surface area contributed by atoms with Crippen molar-refractivity contribution in [3.63, 3.8) is 0 Å². The van der Waals surface area contributed by atoms with Crippen LogP contribution in [0.15, 0.2) is 73.4 Å². The molecule has 0 aliphatic rings. The monoisotopic (exact) mass is 713 g/mol. The number of fused-ring (bicyclic) bond motifs is 1. The minimum atomic E-state index is -5.02. The molecule has 4 N–H and O–H groups in total. The molecule has 3 rings (SSSR count). The van der Waals surface area contributed by atoms with E-state index >= 15 is 0 Å². The van der Waals surface area contributed by atoms with Gasteiger partial charge in [-0.3, -0.25) is 13.7 Å². The minimum absolute atomic E-state index is 0. The van der Waals surface area contributed by atoms with E-state index in [-0.39, 0.29) is 176 Å². The zero-order valence-corrected chi connectivity index (χ0v) is 33.7. The molecule has 40 heavy (non-hydrogen) atoms. The molecule has 3 aromatic carbocycles. The Morgan fingerprint density at radius 2 is 1.25 bits per heavy atom. The van der Waals surface area contributed by atoms with Crippen molar-refractivity contribution >= 4 is 217 Å². The van der Waals surface area contributed by atoms with Gasteiger partial charge in [-0.05, 0) is 53.9 Å². The second kappa shape index (κ2) is 16.4. The van der Waals surface area contributed by atoms with Gasteiger partial charge in [0.2, 0.25) is 0 Å². The second-order valence-electron chi connectivity index (χ2n) is 7.17. The quantitative estimate of drug-likeness (QED) is 0.137. The molecular formula is C18H16K3N2O13S4. The molecule has 0 amide bonds. The Bertz CT molecular complexity index is 1850. The predicted molar refractivity (Wildman–Crippen MR) is 143 cm³/mol. The first kappa shape index (κ1) is 41.9. The fourth-order valence-electron chi connectivity index (χ4n) is 2.98. The van der Waals surface area contributed by atoms with Crippen LogP contribution in [-0.4, -0.2) is 219 Å². The van der Waals surface area contributed by atoms with Crippen LogP contribution >= 0.6 is 0 Å². The van der Waals surface area contributed by atoms with Crippen LogP contribution in [0.5, 0.6) is 5.75 Å². The Hall–Kier alpha value is 1.87. The van der Waals surface area contributed by atoms with Gasteiger partial charge in [-0.25, -0.2) is 12.6 Å². The largest absolute Gasteiger partial charge is 0.505 e. The van der Waals surface area contributed by atoms with Crippen LogP contribution in [0.4, 0.5) is 11.4 Å². The van der Waals surface area contributed by atoms with Crippen LogP contribution in [0.2, 0.25) is 0 Å². The molecule has 0 spiro atoms. The van der Waals surface area contributed by atoms with Crippen LogP contribution in [-0.2, 0) is 44.7 Å². The summed E-state index contributed by atoms with van der Waals surface area (Å²) in [4.78, 5) is -1.81. The Balaban J connectivity index is 0.00000507. The third-order valence-electron chi connectivity index (χ3n) is 4.64. The smallest absolute Gasteiger partial charge is 0.397 e. The van der Waals surface area contributed by atoms with Gasteiger partial charge in [0, 0.05) is 160 Å². The molecule has 0 unspecified atom stereocenters. The summed E-state index contributed by atoms with van der Waals surface area (Å²) in [5.74, 6) is -1.58. The van der Waals surface area contributed by atoms with E-state index in [1.807, 2.05) is 0 Å². The Labute approximate surface area is 357 Å². The van der Waals surface area contributed by atoms with Gasteiger partial charge in [-0.2, -0.15) is 30.4 Å². The van der Waals surface area contributed by atoms with E-state index in [1.165, 1.54) is 0 Å². The first-order chi connectivity index (χ1) is 16.9. The first-order valence-electron chi connectivity index (χ1n) is 9.50. The van der Waals surface area contributed by atoms with E-state index in [0.29, 0.717) is 0 Å². The Morgan fingerprint density at radius 3 is 1.75 bits per heavy atom. The SMILES string of the molecule is O=S(=O)(O)OCCS(=O)(=O)c1ccc(N=Nc2c(S(=O)(=O)O)cc3cc(S(=O)(=O)O)ccc3c2O)cc1.[K].[K].[K]. The van der Waals surface area contributed by atoms with E-state index in [2.05, 4.69) is 14.4 Å². The third-order valence-corrected chi connectivity index (χ3v) is 8.52. The van der Waals surface area contributed by atoms with Crippen molar-refractivity contribution < 1.29 is 56.6 Å². The molecule has 0 atom stereocenters. The Kier molecular flexibility index (Phi) is 17.2. The summed E-state index contributed by atoms with van der Waals surface area (Å²) >= 11 is 0. The zero-order chi connectivity index (χ0) is 27.8. The number of hydrogen-bond acceptors (Lipinski definition) is 12. The average molecular weight is 714 g/mol. The predicted octanol–water partition coefficient (Wildman–Crippen LogP) is 0.905. The number of aromatic hydroxyl groups is 1. The Morgan fingerprint density at radius 1 is 0.700 bits per heavy atom. The fraction of sp³-hybridized carbons (Fsp3) is 0.111. The van der Waals surface area contributed by atoms with Crippen molar-refractivity contribution in [3.05, 3.63) is 48.5 Å². The number of hydrogen-bond donors (Lipinski definition) is 4. The zero-order valence-electron chi connectivity index (χ0n) is 21.0. The van der Waals surface area contributed by atoms with Crippen LogP contribution in [0.1, 0.15) is 0 Å². The number of azo groups is 1. The molecule has 0 aliphatic heterocycles. The van der Waals surface area contributed by atoms with Gasteiger partial charge in [-0.15, -0.1) is 5.11 Å². The molecule has 0 saturated heterocycles. The van der Waals surface area contributed by atoms with Crippen molar-refractivity contribution in [2.75, 3.05) is 12.4 Å². The van der Waals surface area contributed by atoms with E-state index in [9.17, 15) is 47.9 Å². The summed E-state index contributed by atoms with van der Waals surface area (Å²) in [5.41, 5.74) is -0.746. The number of rotatable bonds is 9. The van der Waals surface area contributed by atoms with Crippen molar-refractivity contribution in [3.8, 4) is 5.75 Å². The van der Waals surface area contributed by atoms with Gasteiger partial charge in [0.1, 0.15) is 10.6 Å². The summed E-state index contributed by atoms with van der Waals surface area (Å²) in [6, 6.07) is 8.08. The number of sulfone groups is 1. The maximum atomic E-state index is 12.2. The normalized spacial score (nSPS) is 12.4. The summed E-state index contributed by atoms with van der Waals surface area (Å²) in [5, 5.41) is 17.6. The summed E-state index contributed by atoms with van der Waals surface area (Å²) in [7, 11) is -18.5. The van der Waals surface area contributed by atoms with E-state index in [1.54, 1.807) is 0 Å². The molecule has 3 aromatic rings. The second-order valence-corrected chi connectivity index (χ2v) is 13.2. The van der Waals surface area contributed by atoms with E-state index < -0.39 is 74.1 Å². The van der Waals surface area contributed by atoms with Crippen molar-refractivity contribution in [1.82, 2.24) is 0 Å². The van der Waals surface area contributed by atoms with Gasteiger partial charge in [0.05, 0.1) is 27.8 Å². The number of nitrogens with zero attached hydrogens (tertiary/aromatic N) is 2. The van der Waals surface area contributed by atoms with Gasteiger partial charge in [0.25, 0.3) is 20.2 Å². The standard InChI is InChI=1S/C18H16N2O13S4.3K/c21-18-15-6-5-14(35(24,25)26)9-11(15)10-16(36(27,28)29)17(18)20-19-12-1-3-13(4-2-12)34(22,23)8-7-33-37(30,31)32;;;/h1-6,9-10,21H,7-8H2,(H,24,25,26)(H,27,28,29)(H,30,31,32);;;. The topological polar surface area (TPSA) is 251 Å². The van der Waals surface area contributed by atoms with Gasteiger partial charge in [-0.1, -0.05) is 0 Å².